The van der Waals surface area contributed by atoms with Gasteiger partial charge in [0.2, 0.25) is 0 Å². The molecule has 3 rings (SSSR count). The molecule has 24 heavy (non-hydrogen) atoms. The predicted molar refractivity (Wildman–Crippen MR) is 111 cm³/mol. The van der Waals surface area contributed by atoms with Gasteiger partial charge in [-0.1, -0.05) is 0 Å². The Labute approximate surface area is 171 Å². The molecule has 0 unspecified atom stereocenters. The van der Waals surface area contributed by atoms with Crippen LogP contribution in [0.4, 0.5) is 0 Å². The second-order valence-electron chi connectivity index (χ2n) is 5.00. The van der Waals surface area contributed by atoms with Crippen LogP contribution in [0.25, 0.3) is 0 Å². The summed E-state index contributed by atoms with van der Waals surface area (Å²) in [6.45, 7) is 1.34. The minimum atomic E-state index is -1.58. The Bertz CT molecular complexity index is 670. The number of hydrogen-bond donors (Lipinski definition) is 0. The Morgan fingerprint density at radius 2 is 1.04 bits per heavy atom. The Morgan fingerprint density at radius 3 is 1.42 bits per heavy atom. The van der Waals surface area contributed by atoms with Crippen LogP contribution in [0.15, 0.2) is 60.7 Å². The van der Waals surface area contributed by atoms with Gasteiger partial charge in [-0.15, -0.1) is 0 Å². The average Bonchev–Trinajstić information content (AvgIpc) is 2.64. The van der Waals surface area contributed by atoms with Crippen molar-refractivity contribution in [3.05, 3.63) is 60.7 Å². The second-order valence-corrected chi connectivity index (χ2v) is 34.0. The molecule has 0 saturated carbocycles. The van der Waals surface area contributed by atoms with Crippen molar-refractivity contribution in [3.63, 3.8) is 0 Å². The summed E-state index contributed by atoms with van der Waals surface area (Å²) in [4.78, 5) is 0. The first kappa shape index (κ1) is 20.0. The van der Waals surface area contributed by atoms with E-state index in [1.54, 1.807) is 0 Å². The van der Waals surface area contributed by atoms with Crippen molar-refractivity contribution in [1.29, 1.82) is 0 Å². The first-order valence-electron chi connectivity index (χ1n) is 7.52. The number of hydrogen-bond acceptors (Lipinski definition) is 2. The van der Waals surface area contributed by atoms with E-state index >= 15 is 0 Å². The van der Waals surface area contributed by atoms with E-state index in [4.69, 9.17) is 9.05 Å². The Morgan fingerprint density at radius 1 is 0.667 bits per heavy atom. The predicted octanol–water partition coefficient (Wildman–Crippen LogP) is 2.79. The van der Waals surface area contributed by atoms with Crippen LogP contribution in [0.1, 0.15) is 0 Å². The molecule has 2 nitrogen and oxygen atoms in total. The fourth-order valence-corrected chi connectivity index (χ4v) is 26.8. The molecule has 128 valence electrons. The van der Waals surface area contributed by atoms with E-state index in [1.807, 2.05) is 0 Å². The van der Waals surface area contributed by atoms with E-state index in [-0.39, 0.29) is 0 Å². The fourth-order valence-electron chi connectivity index (χ4n) is 2.22. The zero-order chi connectivity index (χ0) is 16.9. The molecule has 0 aromatic heterocycles. The first-order valence-corrected chi connectivity index (χ1v) is 22.2. The van der Waals surface area contributed by atoms with Crippen molar-refractivity contribution in [2.45, 2.75) is 10.6 Å². The van der Waals surface area contributed by atoms with E-state index in [1.165, 1.54) is 21.2 Å². The standard InChI is InChI=1S/C16H18O2P2Se4/c21-19(15-7-3-1-4-8-15)17-11-12-18-20(22,24-14-13-23-19)16-9-5-2-6-10-16/h1-10H,11-14H2/t19-,20-/m1/s1. The zero-order valence-corrected chi connectivity index (χ0v) is 21.6. The minimum absolute atomic E-state index is 0.481. The van der Waals surface area contributed by atoms with Gasteiger partial charge in [0, 0.05) is 0 Å². The summed E-state index contributed by atoms with van der Waals surface area (Å²) in [6, 6.07) is 21.4. The molecule has 0 bridgehead atoms. The molecule has 2 aromatic carbocycles. The summed E-state index contributed by atoms with van der Waals surface area (Å²) in [5, 5.41) is 5.21. The van der Waals surface area contributed by atoms with Crippen LogP contribution >= 0.6 is 8.85 Å². The molecule has 2 atom stereocenters. The van der Waals surface area contributed by atoms with Crippen molar-refractivity contribution in [2.24, 2.45) is 0 Å². The molecule has 0 N–H and O–H groups in total. The van der Waals surface area contributed by atoms with Crippen molar-refractivity contribution in [2.75, 3.05) is 13.2 Å². The van der Waals surface area contributed by atoms with Crippen molar-refractivity contribution in [1.82, 2.24) is 0 Å². The molecule has 1 heterocycles. The zero-order valence-electron chi connectivity index (χ0n) is 12.9. The summed E-state index contributed by atoms with van der Waals surface area (Å²) in [5.74, 6) is 0. The van der Waals surface area contributed by atoms with Crippen LogP contribution in [0, 0.1) is 0 Å². The van der Waals surface area contributed by atoms with Gasteiger partial charge in [0.1, 0.15) is 0 Å². The summed E-state index contributed by atoms with van der Waals surface area (Å²) in [6.07, 6.45) is 0. The van der Waals surface area contributed by atoms with Gasteiger partial charge in [0.25, 0.3) is 0 Å². The topological polar surface area (TPSA) is 18.5 Å². The maximum atomic E-state index is 6.39. The third kappa shape index (κ3) is 5.18. The van der Waals surface area contributed by atoms with Gasteiger partial charge in [-0.25, -0.2) is 0 Å². The van der Waals surface area contributed by atoms with Crippen LogP contribution in [-0.2, 0) is 9.05 Å². The van der Waals surface area contributed by atoms with Crippen LogP contribution in [-0.4, -0.2) is 72.4 Å². The van der Waals surface area contributed by atoms with Gasteiger partial charge in [0.15, 0.2) is 0 Å². The fraction of sp³-hybridized carbons (Fsp3) is 0.250. The van der Waals surface area contributed by atoms with Crippen LogP contribution in [0.3, 0.4) is 0 Å². The maximum absolute atomic E-state index is 6.39. The Balaban J connectivity index is 1.74. The van der Waals surface area contributed by atoms with E-state index in [0.29, 0.717) is 42.2 Å². The van der Waals surface area contributed by atoms with Gasteiger partial charge in [-0.2, -0.15) is 0 Å². The van der Waals surface area contributed by atoms with Crippen molar-refractivity contribution < 1.29 is 9.05 Å². The molecule has 0 spiro atoms. The molecule has 0 aliphatic carbocycles. The molecule has 2 aromatic rings. The third-order valence-electron chi connectivity index (χ3n) is 3.36. The quantitative estimate of drug-likeness (QED) is 0.381. The molecular weight excluding hydrogens is 602 g/mol. The number of rotatable bonds is 2. The molecule has 0 amide bonds. The second kappa shape index (κ2) is 9.48. The molecule has 1 aliphatic rings. The van der Waals surface area contributed by atoms with Crippen molar-refractivity contribution in [3.8, 4) is 0 Å². The molecule has 1 aliphatic heterocycles. The Hall–Kier alpha value is 1.30. The summed E-state index contributed by atoms with van der Waals surface area (Å²) < 4.78 is 9.62. The monoisotopic (exact) mass is 624 g/mol. The molecule has 1 saturated heterocycles. The molecular formula is C16H18O2P2Se4. The van der Waals surface area contributed by atoms with Crippen molar-refractivity contribution >= 4 is 78.7 Å². The van der Waals surface area contributed by atoms with Gasteiger partial charge < -0.3 is 0 Å². The molecule has 8 heteroatoms. The van der Waals surface area contributed by atoms with Gasteiger partial charge >= 0.3 is 172 Å². The molecule has 0 radical (unpaired) electrons. The van der Waals surface area contributed by atoms with Crippen LogP contribution in [0.5, 0.6) is 0 Å². The normalized spacial score (nSPS) is 29.0. The van der Waals surface area contributed by atoms with Gasteiger partial charge in [-0.05, 0) is 0 Å². The Kier molecular flexibility index (Phi) is 7.92. The summed E-state index contributed by atoms with van der Waals surface area (Å²) in [7, 11) is 0. The summed E-state index contributed by atoms with van der Waals surface area (Å²) in [5.41, 5.74) is 0. The van der Waals surface area contributed by atoms with E-state index in [2.05, 4.69) is 90.9 Å². The average molecular weight is 620 g/mol. The molecule has 1 fully saturated rings. The van der Waals surface area contributed by atoms with E-state index in [0.717, 1.165) is 0 Å². The first-order chi connectivity index (χ1) is 11.6. The SMILES string of the molecule is [Se]=[P@@]1(c2ccccc2)OCCO[P@@](=[Se])(c2ccccc2)[Se]CC[Se]1. The third-order valence-corrected chi connectivity index (χ3v) is 30.9. The summed E-state index contributed by atoms with van der Waals surface area (Å²) >= 11 is 7.86. The number of benzene rings is 2. The van der Waals surface area contributed by atoms with Crippen LogP contribution in [0.2, 0.25) is 10.6 Å². The van der Waals surface area contributed by atoms with Crippen LogP contribution < -0.4 is 10.6 Å². The van der Waals surface area contributed by atoms with Gasteiger partial charge in [0.05, 0.1) is 0 Å². The van der Waals surface area contributed by atoms with E-state index < -0.39 is 8.85 Å². The van der Waals surface area contributed by atoms with E-state index in [9.17, 15) is 0 Å². The van der Waals surface area contributed by atoms with Gasteiger partial charge in [-0.3, -0.25) is 0 Å².